The van der Waals surface area contributed by atoms with Gasteiger partial charge in [-0.1, -0.05) is 0 Å². The molecule has 0 aromatic rings. The minimum absolute atomic E-state index is 0.246. The van der Waals surface area contributed by atoms with Crippen molar-refractivity contribution in [2.45, 2.75) is 117 Å². The Bertz CT molecular complexity index is 740. The Balaban J connectivity index is 1.42. The number of fused-ring (bicyclic) bond motifs is 1. The highest BCUT2D eigenvalue weighted by molar-refractivity contribution is 5.00. The summed E-state index contributed by atoms with van der Waals surface area (Å²) in [6.45, 7) is -0.416. The highest BCUT2D eigenvalue weighted by atomic mass is 16.8. The molecule has 1 aliphatic carbocycles. The van der Waals surface area contributed by atoms with E-state index in [0.717, 1.165) is 0 Å². The van der Waals surface area contributed by atoms with Gasteiger partial charge in [-0.05, 0) is 26.9 Å². The zero-order valence-electron chi connectivity index (χ0n) is 21.1. The van der Waals surface area contributed by atoms with E-state index in [4.69, 9.17) is 40.9 Å². The van der Waals surface area contributed by atoms with E-state index >= 15 is 0 Å². The third-order valence-electron chi connectivity index (χ3n) is 7.94. The molecule has 13 N–H and O–H groups in total. The van der Waals surface area contributed by atoms with Crippen LogP contribution in [0.2, 0.25) is 0 Å². The molecule has 0 bridgehead atoms. The van der Waals surface area contributed by atoms with Crippen LogP contribution in [-0.4, -0.2) is 144 Å². The molecule has 15 nitrogen and oxygen atoms in total. The molecule has 3 aliphatic heterocycles. The van der Waals surface area contributed by atoms with Gasteiger partial charge in [0, 0.05) is 18.5 Å². The van der Waals surface area contributed by atoms with Gasteiger partial charge in [-0.15, -0.1) is 0 Å². The maximum atomic E-state index is 11.2. The van der Waals surface area contributed by atoms with Crippen LogP contribution in [0.5, 0.6) is 0 Å². The molecule has 0 spiro atoms. The van der Waals surface area contributed by atoms with Gasteiger partial charge in [-0.3, -0.25) is 0 Å². The number of ether oxygens (including phenoxy) is 5. The average Bonchev–Trinajstić information content (AvgIpc) is 2.86. The summed E-state index contributed by atoms with van der Waals surface area (Å²) in [6, 6.07) is -2.97. The molecular weight excluding hydrogens is 494 g/mol. The standard InChI is InChI=1S/C22H43N5O10/c1-26-14-13(6-28)35-22(18(32)16(14)30)37-21-15(27-2)17(31)19-12(34-21)4-9(25)20(36-19)33-11-5-10(29)7(23)3-8(11)24/h7-22,26-32H,3-6,23-25H2,1-2H3/t7-,8?,9?,10?,11+,12+,13?,14-,15?,16?,17?,18?,19?,20+,21?,22-/m1/s1. The van der Waals surface area contributed by atoms with Gasteiger partial charge in [-0.25, -0.2) is 0 Å². The predicted molar refractivity (Wildman–Crippen MR) is 127 cm³/mol. The number of nitrogens with one attached hydrogen (secondary N) is 2. The van der Waals surface area contributed by atoms with Crippen LogP contribution in [0.1, 0.15) is 19.3 Å². The Morgan fingerprint density at radius 2 is 1.43 bits per heavy atom. The van der Waals surface area contributed by atoms with E-state index in [1.165, 1.54) is 0 Å². The van der Waals surface area contributed by atoms with Crippen LogP contribution in [0.3, 0.4) is 0 Å². The summed E-state index contributed by atoms with van der Waals surface area (Å²) in [6.07, 6.45) is -9.90. The number of nitrogens with two attached hydrogens (primary N) is 3. The molecule has 0 radical (unpaired) electrons. The molecule has 4 aliphatic rings. The first-order chi connectivity index (χ1) is 17.6. The Morgan fingerprint density at radius 1 is 0.730 bits per heavy atom. The lowest BCUT2D eigenvalue weighted by Gasteiger charge is -2.51. The fraction of sp³-hybridized carbons (Fsp3) is 1.00. The molecule has 0 aromatic carbocycles. The van der Waals surface area contributed by atoms with E-state index in [-0.39, 0.29) is 12.8 Å². The second kappa shape index (κ2) is 12.3. The zero-order valence-corrected chi connectivity index (χ0v) is 21.1. The molecule has 216 valence electrons. The molecular formula is C22H43N5O10. The number of aliphatic hydroxyl groups is 5. The van der Waals surface area contributed by atoms with Gasteiger partial charge in [0.1, 0.15) is 30.5 Å². The van der Waals surface area contributed by atoms with Crippen molar-refractivity contribution in [1.29, 1.82) is 0 Å². The third-order valence-corrected chi connectivity index (χ3v) is 7.94. The first kappa shape index (κ1) is 29.4. The largest absolute Gasteiger partial charge is 0.394 e. The summed E-state index contributed by atoms with van der Waals surface area (Å²) in [5.74, 6) is 0. The highest BCUT2D eigenvalue weighted by Gasteiger charge is 2.53. The van der Waals surface area contributed by atoms with Crippen molar-refractivity contribution < 1.29 is 49.2 Å². The average molecular weight is 538 g/mol. The molecule has 1 saturated carbocycles. The van der Waals surface area contributed by atoms with Gasteiger partial charge >= 0.3 is 0 Å². The first-order valence-electron chi connectivity index (χ1n) is 12.8. The molecule has 3 heterocycles. The maximum Gasteiger partial charge on any atom is 0.189 e. The maximum absolute atomic E-state index is 11.2. The summed E-state index contributed by atoms with van der Waals surface area (Å²) < 4.78 is 29.8. The Morgan fingerprint density at radius 3 is 2.08 bits per heavy atom. The monoisotopic (exact) mass is 537 g/mol. The van der Waals surface area contributed by atoms with Crippen LogP contribution in [-0.2, 0) is 23.7 Å². The SMILES string of the molecule is CNC1C(O[C@H]2OC(CO)[C@@H](NC)C(O)C2O)O[C@H]2CC(N)[C@@H](O[C@H]3CC(O)[C@H](N)CC3N)OC2C1O. The lowest BCUT2D eigenvalue weighted by molar-refractivity contribution is -0.372. The van der Waals surface area contributed by atoms with Gasteiger partial charge < -0.3 is 77.1 Å². The summed E-state index contributed by atoms with van der Waals surface area (Å²) in [7, 11) is 3.18. The summed E-state index contributed by atoms with van der Waals surface area (Å²) in [5, 5.41) is 57.8. The second-order valence-corrected chi connectivity index (χ2v) is 10.4. The van der Waals surface area contributed by atoms with Crippen molar-refractivity contribution in [1.82, 2.24) is 10.6 Å². The Kier molecular flexibility index (Phi) is 9.75. The van der Waals surface area contributed by atoms with E-state index < -0.39 is 105 Å². The lowest BCUT2D eigenvalue weighted by atomic mass is 9.87. The minimum atomic E-state index is -1.44. The molecule has 4 rings (SSSR count). The van der Waals surface area contributed by atoms with Crippen molar-refractivity contribution in [3.8, 4) is 0 Å². The summed E-state index contributed by atoms with van der Waals surface area (Å²) in [4.78, 5) is 0. The number of hydrogen-bond acceptors (Lipinski definition) is 15. The van der Waals surface area contributed by atoms with E-state index in [9.17, 15) is 25.5 Å². The quantitative estimate of drug-likeness (QED) is 0.145. The van der Waals surface area contributed by atoms with E-state index in [1.54, 1.807) is 14.1 Å². The normalized spacial score (nSPS) is 53.0. The van der Waals surface area contributed by atoms with Gasteiger partial charge in [0.25, 0.3) is 0 Å². The zero-order chi connectivity index (χ0) is 27.0. The number of likely N-dealkylation sites (N-methyl/N-ethyl adjacent to an activating group) is 2. The molecule has 15 heteroatoms. The van der Waals surface area contributed by atoms with Gasteiger partial charge in [0.15, 0.2) is 18.9 Å². The Hall–Kier alpha value is -0.600. The second-order valence-electron chi connectivity index (χ2n) is 10.4. The summed E-state index contributed by atoms with van der Waals surface area (Å²) in [5.41, 5.74) is 18.4. The highest BCUT2D eigenvalue weighted by Crippen LogP contribution is 2.35. The van der Waals surface area contributed by atoms with Crippen LogP contribution in [0.25, 0.3) is 0 Å². The van der Waals surface area contributed by atoms with Crippen molar-refractivity contribution in [2.24, 2.45) is 17.2 Å². The first-order valence-corrected chi connectivity index (χ1v) is 12.8. The van der Waals surface area contributed by atoms with E-state index in [1.807, 2.05) is 0 Å². The van der Waals surface area contributed by atoms with E-state index in [2.05, 4.69) is 10.6 Å². The van der Waals surface area contributed by atoms with Crippen LogP contribution < -0.4 is 27.8 Å². The van der Waals surface area contributed by atoms with E-state index in [0.29, 0.717) is 6.42 Å². The third kappa shape index (κ3) is 5.96. The minimum Gasteiger partial charge on any atom is -0.394 e. The molecule has 10 unspecified atom stereocenters. The van der Waals surface area contributed by atoms with Crippen LogP contribution in [0.15, 0.2) is 0 Å². The van der Waals surface area contributed by atoms with Gasteiger partial charge in [-0.2, -0.15) is 0 Å². The molecule has 16 atom stereocenters. The molecule has 3 saturated heterocycles. The van der Waals surface area contributed by atoms with Crippen LogP contribution in [0, 0.1) is 0 Å². The smallest absolute Gasteiger partial charge is 0.189 e. The van der Waals surface area contributed by atoms with Crippen molar-refractivity contribution in [3.05, 3.63) is 0 Å². The summed E-state index contributed by atoms with van der Waals surface area (Å²) >= 11 is 0. The fourth-order valence-corrected chi connectivity index (χ4v) is 5.70. The van der Waals surface area contributed by atoms with Crippen LogP contribution in [0.4, 0.5) is 0 Å². The predicted octanol–water partition coefficient (Wildman–Crippen LogP) is -5.66. The fourth-order valence-electron chi connectivity index (χ4n) is 5.70. The topological polar surface area (TPSA) is 249 Å². The number of aliphatic hydroxyl groups excluding tert-OH is 5. The Labute approximate surface area is 215 Å². The molecule has 0 amide bonds. The van der Waals surface area contributed by atoms with Gasteiger partial charge in [0.05, 0.1) is 43.0 Å². The van der Waals surface area contributed by atoms with Gasteiger partial charge in [0.2, 0.25) is 0 Å². The van der Waals surface area contributed by atoms with Crippen molar-refractivity contribution in [3.63, 3.8) is 0 Å². The number of hydrogen-bond donors (Lipinski definition) is 10. The van der Waals surface area contributed by atoms with Crippen molar-refractivity contribution in [2.75, 3.05) is 20.7 Å². The van der Waals surface area contributed by atoms with Crippen molar-refractivity contribution >= 4 is 0 Å². The number of rotatable bonds is 7. The molecule has 0 aromatic heterocycles. The molecule has 37 heavy (non-hydrogen) atoms. The molecule has 4 fully saturated rings. The van der Waals surface area contributed by atoms with Crippen LogP contribution >= 0.6 is 0 Å². The lowest BCUT2D eigenvalue weighted by Crippen LogP contribution is -2.70.